The highest BCUT2D eigenvalue weighted by atomic mass is 28.3. The second kappa shape index (κ2) is 5.91. The molecule has 14 heavy (non-hydrogen) atoms. The highest BCUT2D eigenvalue weighted by Gasteiger charge is 2.42. The molecule has 86 valence electrons. The Morgan fingerprint density at radius 2 is 1.21 bits per heavy atom. The maximum atomic E-state index is 5.74. The third kappa shape index (κ3) is 2.83. The minimum Gasteiger partial charge on any atom is -0.385 e. The van der Waals surface area contributed by atoms with Gasteiger partial charge in [0.25, 0.3) is 0 Å². The first-order valence-corrected chi connectivity index (χ1v) is 8.41. The van der Waals surface area contributed by atoms with Crippen LogP contribution >= 0.6 is 0 Å². The third-order valence-corrected chi connectivity index (χ3v) is 10.9. The fourth-order valence-corrected chi connectivity index (χ4v) is 8.34. The minimum absolute atomic E-state index is 0.814. The fraction of sp³-hybridized carbons (Fsp3) is 1.00. The van der Waals surface area contributed by atoms with Crippen molar-refractivity contribution in [3.63, 3.8) is 0 Å². The van der Waals surface area contributed by atoms with Crippen molar-refractivity contribution in [3.05, 3.63) is 0 Å². The Bertz CT molecular complexity index is 131. The molecule has 1 nitrogen and oxygen atoms in total. The van der Waals surface area contributed by atoms with Crippen molar-refractivity contribution in [2.24, 2.45) is 0 Å². The number of ether oxygens (including phenoxy) is 1. The predicted octanol–water partition coefficient (Wildman–Crippen LogP) is 4.24. The van der Waals surface area contributed by atoms with Gasteiger partial charge in [0.2, 0.25) is 0 Å². The normalized spacial score (nSPS) is 13.3. The van der Waals surface area contributed by atoms with E-state index in [0.29, 0.717) is 0 Å². The summed E-state index contributed by atoms with van der Waals surface area (Å²) in [6.45, 7) is 17.2. The van der Waals surface area contributed by atoms with Crippen molar-refractivity contribution in [3.8, 4) is 0 Å². The van der Waals surface area contributed by atoms with Crippen molar-refractivity contribution in [2.45, 2.75) is 65.1 Å². The molecule has 0 heterocycles. The Kier molecular flexibility index (Phi) is 5.99. The lowest BCUT2D eigenvalue weighted by Crippen LogP contribution is -2.49. The molecule has 0 N–H and O–H groups in total. The largest absolute Gasteiger partial charge is 0.385 e. The van der Waals surface area contributed by atoms with Gasteiger partial charge in [0.05, 0.1) is 8.07 Å². The van der Waals surface area contributed by atoms with E-state index in [-0.39, 0.29) is 0 Å². The molecule has 0 fully saturated rings. The van der Waals surface area contributed by atoms with Crippen LogP contribution in [-0.4, -0.2) is 20.9 Å². The van der Waals surface area contributed by atoms with E-state index in [1.165, 1.54) is 0 Å². The molecule has 0 saturated carbocycles. The van der Waals surface area contributed by atoms with Gasteiger partial charge >= 0.3 is 0 Å². The number of hydrogen-bond acceptors (Lipinski definition) is 1. The van der Waals surface area contributed by atoms with Crippen molar-refractivity contribution >= 4 is 8.07 Å². The van der Waals surface area contributed by atoms with Crippen LogP contribution in [0.15, 0.2) is 0 Å². The van der Waals surface area contributed by atoms with E-state index in [9.17, 15) is 0 Å². The van der Waals surface area contributed by atoms with Crippen LogP contribution in [-0.2, 0) is 4.74 Å². The monoisotopic (exact) mass is 216 g/mol. The van der Waals surface area contributed by atoms with Gasteiger partial charge in [-0.25, -0.2) is 0 Å². The molecule has 0 aliphatic heterocycles. The van der Waals surface area contributed by atoms with Gasteiger partial charge in [0.1, 0.15) is 0 Å². The van der Waals surface area contributed by atoms with Gasteiger partial charge in [0, 0.05) is 12.8 Å². The molecule has 0 bridgehead atoms. The second-order valence-electron chi connectivity index (χ2n) is 5.21. The number of rotatable bonds is 6. The summed E-state index contributed by atoms with van der Waals surface area (Å²) in [6, 6.07) is 0. The zero-order chi connectivity index (χ0) is 11.4. The molecule has 0 radical (unpaired) electrons. The van der Waals surface area contributed by atoms with Crippen LogP contribution in [0.1, 0.15) is 48.5 Å². The third-order valence-electron chi connectivity index (χ3n) is 3.78. The highest BCUT2D eigenvalue weighted by Crippen LogP contribution is 2.41. The molecule has 2 heteroatoms. The summed E-state index contributed by atoms with van der Waals surface area (Å²) < 4.78 is 5.74. The van der Waals surface area contributed by atoms with Gasteiger partial charge in [-0.1, -0.05) is 41.5 Å². The van der Waals surface area contributed by atoms with E-state index >= 15 is 0 Å². The Balaban J connectivity index is 4.76. The molecule has 0 aliphatic rings. The van der Waals surface area contributed by atoms with Gasteiger partial charge in [0.15, 0.2) is 0 Å². The molecule has 0 aromatic heterocycles. The lowest BCUT2D eigenvalue weighted by Gasteiger charge is -2.42. The van der Waals surface area contributed by atoms with Crippen LogP contribution in [0.25, 0.3) is 0 Å². The van der Waals surface area contributed by atoms with Crippen molar-refractivity contribution in [1.29, 1.82) is 0 Å². The smallest absolute Gasteiger partial charge is 0.0912 e. The summed E-state index contributed by atoms with van der Waals surface area (Å²) in [7, 11) is -1.27. The van der Waals surface area contributed by atoms with Gasteiger partial charge in [-0.15, -0.1) is 0 Å². The average molecular weight is 216 g/mol. The molecule has 0 spiro atoms. The van der Waals surface area contributed by atoms with Gasteiger partial charge < -0.3 is 4.74 Å². The summed E-state index contributed by atoms with van der Waals surface area (Å²) in [5.74, 6) is 0. The quantitative estimate of drug-likeness (QED) is 0.603. The zero-order valence-corrected chi connectivity index (χ0v) is 12.1. The minimum atomic E-state index is -1.27. The molecular weight excluding hydrogens is 188 g/mol. The molecule has 0 aliphatic carbocycles. The standard InChI is InChI=1S/C12H28OSi/c1-8-13-9-14(10(2)3,11(4)5)12(6)7/h10-12H,8-9H2,1-7H3. The van der Waals surface area contributed by atoms with Crippen LogP contribution in [0.2, 0.25) is 16.6 Å². The lowest BCUT2D eigenvalue weighted by atomic mass is 10.5. The molecule has 0 atom stereocenters. The van der Waals surface area contributed by atoms with Crippen LogP contribution < -0.4 is 0 Å². The number of hydrogen-bond donors (Lipinski definition) is 0. The summed E-state index contributed by atoms with van der Waals surface area (Å²) >= 11 is 0. The lowest BCUT2D eigenvalue weighted by molar-refractivity contribution is 0.184. The molecular formula is C12H28OSi. The van der Waals surface area contributed by atoms with Crippen LogP contribution in [0.3, 0.4) is 0 Å². The Morgan fingerprint density at radius 3 is 1.43 bits per heavy atom. The Morgan fingerprint density at radius 1 is 0.857 bits per heavy atom. The van der Waals surface area contributed by atoms with E-state index in [1.54, 1.807) is 0 Å². The topological polar surface area (TPSA) is 9.23 Å². The average Bonchev–Trinajstić information content (AvgIpc) is 2.03. The van der Waals surface area contributed by atoms with E-state index in [0.717, 1.165) is 29.5 Å². The van der Waals surface area contributed by atoms with Crippen molar-refractivity contribution in [2.75, 3.05) is 12.8 Å². The van der Waals surface area contributed by atoms with Gasteiger partial charge in [-0.2, -0.15) is 0 Å². The van der Waals surface area contributed by atoms with Crippen molar-refractivity contribution < 1.29 is 4.74 Å². The molecule has 0 rings (SSSR count). The van der Waals surface area contributed by atoms with E-state index < -0.39 is 8.07 Å². The van der Waals surface area contributed by atoms with Gasteiger partial charge in [-0.05, 0) is 23.5 Å². The van der Waals surface area contributed by atoms with Crippen LogP contribution in [0.5, 0.6) is 0 Å². The summed E-state index contributed by atoms with van der Waals surface area (Å²) in [5.41, 5.74) is 2.44. The van der Waals surface area contributed by atoms with Crippen LogP contribution in [0, 0.1) is 0 Å². The van der Waals surface area contributed by atoms with E-state index in [2.05, 4.69) is 48.5 Å². The molecule has 0 saturated heterocycles. The summed E-state index contributed by atoms with van der Waals surface area (Å²) in [5, 5.41) is 0. The van der Waals surface area contributed by atoms with Crippen molar-refractivity contribution in [1.82, 2.24) is 0 Å². The second-order valence-corrected chi connectivity index (χ2v) is 11.2. The van der Waals surface area contributed by atoms with Gasteiger partial charge in [-0.3, -0.25) is 0 Å². The zero-order valence-electron chi connectivity index (χ0n) is 11.1. The first-order valence-electron chi connectivity index (χ1n) is 5.97. The summed E-state index contributed by atoms with van der Waals surface area (Å²) in [6.07, 6.45) is 1.04. The Labute approximate surface area is 91.2 Å². The Hall–Kier alpha value is 0.177. The maximum Gasteiger partial charge on any atom is 0.0912 e. The van der Waals surface area contributed by atoms with E-state index in [4.69, 9.17) is 4.74 Å². The molecule has 0 aromatic carbocycles. The van der Waals surface area contributed by atoms with Crippen LogP contribution in [0.4, 0.5) is 0 Å². The highest BCUT2D eigenvalue weighted by molar-refractivity contribution is 6.83. The molecule has 0 amide bonds. The molecule has 0 aromatic rings. The molecule has 0 unspecified atom stereocenters. The first kappa shape index (κ1) is 14.2. The van der Waals surface area contributed by atoms with E-state index in [1.807, 2.05) is 0 Å². The summed E-state index contributed by atoms with van der Waals surface area (Å²) in [4.78, 5) is 0. The SMILES string of the molecule is CCOC[Si](C(C)C)(C(C)C)C(C)C. The predicted molar refractivity (Wildman–Crippen MR) is 67.5 cm³/mol. The maximum absolute atomic E-state index is 5.74. The fourth-order valence-electron chi connectivity index (χ4n) is 2.78. The first-order chi connectivity index (χ1) is 6.39.